The second kappa shape index (κ2) is 13.9. The minimum absolute atomic E-state index is 0.0276. The van der Waals surface area contributed by atoms with Crippen LogP contribution in [0, 0.1) is 5.92 Å². The smallest absolute Gasteiger partial charge is 0.339 e. The first-order chi connectivity index (χ1) is 19.8. The predicted molar refractivity (Wildman–Crippen MR) is 157 cm³/mol. The van der Waals surface area contributed by atoms with Crippen LogP contribution in [0.1, 0.15) is 89.4 Å². The standard InChI is InChI=1S/C34H38O8/c1-23(22-39-29(35)25-15-9-7-10-16-25)34(5,6)42-32(38)28-20-14-13-19-27(28)31(37)40-24(2)21-33(3,4)41-30(36)26-17-11-8-12-18-26/h7-20,23-24H,21-22H2,1-6H3. The van der Waals surface area contributed by atoms with Crippen LogP contribution in [0.15, 0.2) is 84.9 Å². The zero-order valence-corrected chi connectivity index (χ0v) is 24.9. The summed E-state index contributed by atoms with van der Waals surface area (Å²) in [6.45, 7) is 10.4. The lowest BCUT2D eigenvalue weighted by molar-refractivity contribution is -0.0426. The van der Waals surface area contributed by atoms with Gasteiger partial charge in [-0.1, -0.05) is 55.5 Å². The molecule has 8 heteroatoms. The molecule has 2 unspecified atom stereocenters. The highest BCUT2D eigenvalue weighted by Crippen LogP contribution is 2.26. The first kappa shape index (κ1) is 32.1. The van der Waals surface area contributed by atoms with Crippen LogP contribution < -0.4 is 0 Å². The van der Waals surface area contributed by atoms with E-state index in [1.54, 1.807) is 108 Å². The summed E-state index contributed by atoms with van der Waals surface area (Å²) in [7, 11) is 0. The van der Waals surface area contributed by atoms with E-state index >= 15 is 0 Å². The van der Waals surface area contributed by atoms with Crippen LogP contribution in [0.2, 0.25) is 0 Å². The van der Waals surface area contributed by atoms with Crippen molar-refractivity contribution >= 4 is 23.9 Å². The minimum Gasteiger partial charge on any atom is -0.462 e. The molecule has 3 rings (SSSR count). The van der Waals surface area contributed by atoms with Crippen molar-refractivity contribution in [3.63, 3.8) is 0 Å². The average Bonchev–Trinajstić information content (AvgIpc) is 2.95. The monoisotopic (exact) mass is 574 g/mol. The molecule has 0 saturated carbocycles. The van der Waals surface area contributed by atoms with Gasteiger partial charge in [0.2, 0.25) is 0 Å². The Morgan fingerprint density at radius 3 is 1.64 bits per heavy atom. The van der Waals surface area contributed by atoms with Crippen molar-refractivity contribution in [3.05, 3.63) is 107 Å². The minimum atomic E-state index is -1.02. The molecule has 8 nitrogen and oxygen atoms in total. The van der Waals surface area contributed by atoms with Crippen molar-refractivity contribution in [1.29, 1.82) is 0 Å². The number of carbonyl (C=O) groups is 4. The third-order valence-corrected chi connectivity index (χ3v) is 6.85. The number of hydrogen-bond donors (Lipinski definition) is 0. The van der Waals surface area contributed by atoms with E-state index in [9.17, 15) is 19.2 Å². The molecule has 0 fully saturated rings. The van der Waals surface area contributed by atoms with Crippen LogP contribution in [-0.4, -0.2) is 47.8 Å². The quantitative estimate of drug-likeness (QED) is 0.174. The highest BCUT2D eigenvalue weighted by Gasteiger charge is 2.34. The summed E-state index contributed by atoms with van der Waals surface area (Å²) in [5, 5.41) is 0. The van der Waals surface area contributed by atoms with Crippen LogP contribution in [0.4, 0.5) is 0 Å². The molecule has 0 heterocycles. The maximum atomic E-state index is 13.2. The van der Waals surface area contributed by atoms with Crippen molar-refractivity contribution < 1.29 is 38.1 Å². The number of hydrogen-bond acceptors (Lipinski definition) is 8. The summed E-state index contributed by atoms with van der Waals surface area (Å²) in [5.74, 6) is -2.71. The molecule has 0 aromatic heterocycles. The van der Waals surface area contributed by atoms with E-state index in [2.05, 4.69) is 0 Å². The summed E-state index contributed by atoms with van der Waals surface area (Å²) in [6, 6.07) is 23.5. The fourth-order valence-electron chi connectivity index (χ4n) is 4.20. The molecular formula is C34H38O8. The Kier molecular flexibility index (Phi) is 10.6. The Morgan fingerprint density at radius 2 is 1.10 bits per heavy atom. The van der Waals surface area contributed by atoms with Crippen LogP contribution in [0.25, 0.3) is 0 Å². The maximum Gasteiger partial charge on any atom is 0.339 e. The van der Waals surface area contributed by atoms with Crippen LogP contribution in [0.5, 0.6) is 0 Å². The van der Waals surface area contributed by atoms with Gasteiger partial charge in [-0.2, -0.15) is 0 Å². The van der Waals surface area contributed by atoms with Crippen molar-refractivity contribution in [3.8, 4) is 0 Å². The second-order valence-electron chi connectivity index (χ2n) is 11.3. The molecule has 3 aromatic rings. The lowest BCUT2D eigenvalue weighted by Crippen LogP contribution is -2.38. The normalized spacial score (nSPS) is 12.9. The molecule has 0 aliphatic rings. The molecule has 42 heavy (non-hydrogen) atoms. The van der Waals surface area contributed by atoms with E-state index in [1.807, 2.05) is 6.07 Å². The zero-order valence-electron chi connectivity index (χ0n) is 24.9. The van der Waals surface area contributed by atoms with Gasteiger partial charge >= 0.3 is 23.9 Å². The van der Waals surface area contributed by atoms with Crippen molar-refractivity contribution in [2.45, 2.75) is 65.3 Å². The fourth-order valence-corrected chi connectivity index (χ4v) is 4.20. The van der Waals surface area contributed by atoms with Gasteiger partial charge in [0.05, 0.1) is 28.9 Å². The Morgan fingerprint density at radius 1 is 0.619 bits per heavy atom. The summed E-state index contributed by atoms with van der Waals surface area (Å²) in [4.78, 5) is 51.2. The summed E-state index contributed by atoms with van der Waals surface area (Å²) in [5.41, 5.74) is -0.994. The molecule has 0 amide bonds. The number of rotatable bonds is 12. The van der Waals surface area contributed by atoms with Crippen LogP contribution in [0.3, 0.4) is 0 Å². The van der Waals surface area contributed by atoms with E-state index in [4.69, 9.17) is 18.9 Å². The van der Waals surface area contributed by atoms with Gasteiger partial charge in [-0.25, -0.2) is 19.2 Å². The highest BCUT2D eigenvalue weighted by atomic mass is 16.6. The summed E-state index contributed by atoms with van der Waals surface area (Å²) < 4.78 is 22.5. The summed E-state index contributed by atoms with van der Waals surface area (Å²) in [6.07, 6.45) is -0.396. The SMILES string of the molecule is CC(CC(C)(C)OC(=O)c1ccccc1)OC(=O)c1ccccc1C(=O)OC(C)(C)C(C)COC(=O)c1ccccc1. The summed E-state index contributed by atoms with van der Waals surface area (Å²) >= 11 is 0. The molecule has 0 aliphatic carbocycles. The Hall–Kier alpha value is -4.46. The molecule has 0 saturated heterocycles. The topological polar surface area (TPSA) is 105 Å². The number of esters is 4. The van der Waals surface area contributed by atoms with E-state index in [0.29, 0.717) is 11.1 Å². The lowest BCUT2D eigenvalue weighted by atomic mass is 9.93. The molecule has 222 valence electrons. The van der Waals surface area contributed by atoms with Crippen molar-refractivity contribution in [2.24, 2.45) is 5.92 Å². The molecule has 0 radical (unpaired) electrons. The highest BCUT2D eigenvalue weighted by molar-refractivity contribution is 6.03. The zero-order chi connectivity index (χ0) is 30.9. The van der Waals surface area contributed by atoms with Gasteiger partial charge in [0, 0.05) is 12.3 Å². The largest absolute Gasteiger partial charge is 0.462 e. The van der Waals surface area contributed by atoms with Crippen LogP contribution in [-0.2, 0) is 18.9 Å². The molecule has 3 aromatic carbocycles. The molecule has 0 aliphatic heterocycles. The predicted octanol–water partition coefficient (Wildman–Crippen LogP) is 6.69. The van der Waals surface area contributed by atoms with Gasteiger partial charge in [-0.15, -0.1) is 0 Å². The van der Waals surface area contributed by atoms with Gasteiger partial charge in [-0.3, -0.25) is 0 Å². The third kappa shape index (κ3) is 9.03. The van der Waals surface area contributed by atoms with Gasteiger partial charge in [0.1, 0.15) is 17.3 Å². The van der Waals surface area contributed by atoms with E-state index in [0.717, 1.165) is 0 Å². The van der Waals surface area contributed by atoms with Crippen molar-refractivity contribution in [1.82, 2.24) is 0 Å². The van der Waals surface area contributed by atoms with Gasteiger partial charge < -0.3 is 18.9 Å². The maximum absolute atomic E-state index is 13.2. The Balaban J connectivity index is 1.60. The second-order valence-corrected chi connectivity index (χ2v) is 11.3. The molecule has 0 spiro atoms. The van der Waals surface area contributed by atoms with E-state index in [-0.39, 0.29) is 30.1 Å². The average molecular weight is 575 g/mol. The van der Waals surface area contributed by atoms with Crippen LogP contribution >= 0.6 is 0 Å². The molecular weight excluding hydrogens is 536 g/mol. The first-order valence-electron chi connectivity index (χ1n) is 13.8. The van der Waals surface area contributed by atoms with Gasteiger partial charge in [0.15, 0.2) is 0 Å². The fraction of sp³-hybridized carbons (Fsp3) is 0.353. The number of benzene rings is 3. The Bertz CT molecular complexity index is 1380. The van der Waals surface area contributed by atoms with Crippen molar-refractivity contribution in [2.75, 3.05) is 6.61 Å². The van der Waals surface area contributed by atoms with E-state index in [1.165, 1.54) is 12.1 Å². The molecule has 2 atom stereocenters. The first-order valence-corrected chi connectivity index (χ1v) is 13.8. The third-order valence-electron chi connectivity index (χ3n) is 6.85. The van der Waals surface area contributed by atoms with E-state index < -0.39 is 41.2 Å². The number of ether oxygens (including phenoxy) is 4. The van der Waals surface area contributed by atoms with Gasteiger partial charge in [0.25, 0.3) is 0 Å². The Labute approximate surface area is 246 Å². The lowest BCUT2D eigenvalue weighted by Gasteiger charge is -2.31. The molecule has 0 N–H and O–H groups in total. The molecule has 0 bridgehead atoms. The van der Waals surface area contributed by atoms with Gasteiger partial charge in [-0.05, 0) is 71.0 Å². The number of carbonyl (C=O) groups excluding carboxylic acids is 4.